The van der Waals surface area contributed by atoms with Gasteiger partial charge in [0.05, 0.1) is 28.3 Å². The van der Waals surface area contributed by atoms with Gasteiger partial charge in [-0.05, 0) is 17.5 Å². The number of hydrogen-bond donors (Lipinski definition) is 0. The molecule has 0 radical (unpaired) electrons. The molecule has 0 saturated carbocycles. The van der Waals surface area contributed by atoms with Gasteiger partial charge in [-0.1, -0.05) is 12.1 Å². The molecule has 4 heteroatoms. The molecule has 2 aromatic carbocycles. The zero-order chi connectivity index (χ0) is 13.1. The Bertz CT molecular complexity index is 820. The molecule has 0 amide bonds. The van der Waals surface area contributed by atoms with Crippen molar-refractivity contribution in [1.29, 1.82) is 21.0 Å². The lowest BCUT2D eigenvalue weighted by Gasteiger charge is -2.05. The minimum absolute atomic E-state index is 0.0233. The third-order valence-electron chi connectivity index (χ3n) is 2.63. The standard InChI is InChI=1S/C14H4N4/c15-5-10-3-1-2-9-4-11(6-16)12(7-17)13(8-18)14(9)10/h1-4H. The minimum atomic E-state index is 0.0233. The van der Waals surface area contributed by atoms with Crippen LogP contribution in [0.1, 0.15) is 22.3 Å². The number of rotatable bonds is 0. The fourth-order valence-electron chi connectivity index (χ4n) is 1.87. The lowest BCUT2D eigenvalue weighted by atomic mass is 9.93. The van der Waals surface area contributed by atoms with Crippen LogP contribution in [-0.4, -0.2) is 0 Å². The van der Waals surface area contributed by atoms with E-state index in [1.54, 1.807) is 18.2 Å². The Balaban J connectivity index is 3.13. The lowest BCUT2D eigenvalue weighted by Crippen LogP contribution is -1.94. The average molecular weight is 228 g/mol. The van der Waals surface area contributed by atoms with Gasteiger partial charge in [0.15, 0.2) is 0 Å². The predicted octanol–water partition coefficient (Wildman–Crippen LogP) is 2.33. The number of nitriles is 4. The summed E-state index contributed by atoms with van der Waals surface area (Å²) in [7, 11) is 0. The first-order valence-corrected chi connectivity index (χ1v) is 4.97. The first-order chi connectivity index (χ1) is 8.76. The van der Waals surface area contributed by atoms with Crippen molar-refractivity contribution in [2.75, 3.05) is 0 Å². The van der Waals surface area contributed by atoms with E-state index in [-0.39, 0.29) is 16.7 Å². The molecule has 0 aliphatic heterocycles. The van der Waals surface area contributed by atoms with Crippen molar-refractivity contribution in [1.82, 2.24) is 0 Å². The van der Waals surface area contributed by atoms with E-state index in [9.17, 15) is 0 Å². The molecule has 4 nitrogen and oxygen atoms in total. The van der Waals surface area contributed by atoms with E-state index in [0.717, 1.165) is 0 Å². The first kappa shape index (κ1) is 11.2. The number of fused-ring (bicyclic) bond motifs is 1. The topological polar surface area (TPSA) is 95.2 Å². The van der Waals surface area contributed by atoms with Crippen LogP contribution in [0.5, 0.6) is 0 Å². The van der Waals surface area contributed by atoms with Gasteiger partial charge in [-0.2, -0.15) is 21.0 Å². The fraction of sp³-hybridized carbons (Fsp3) is 0. The van der Waals surface area contributed by atoms with Crippen molar-refractivity contribution >= 4 is 10.8 Å². The van der Waals surface area contributed by atoms with Gasteiger partial charge in [-0.15, -0.1) is 0 Å². The van der Waals surface area contributed by atoms with Crippen LogP contribution in [0.3, 0.4) is 0 Å². The van der Waals surface area contributed by atoms with E-state index in [0.29, 0.717) is 16.3 Å². The highest BCUT2D eigenvalue weighted by Gasteiger charge is 2.15. The number of benzene rings is 2. The Kier molecular flexibility index (Phi) is 2.64. The van der Waals surface area contributed by atoms with Crippen LogP contribution in [0.15, 0.2) is 24.3 Å². The maximum atomic E-state index is 9.17. The molecular weight excluding hydrogens is 224 g/mol. The molecule has 2 rings (SSSR count). The van der Waals surface area contributed by atoms with E-state index in [1.807, 2.05) is 24.3 Å². The van der Waals surface area contributed by atoms with Gasteiger partial charge in [0.1, 0.15) is 18.2 Å². The van der Waals surface area contributed by atoms with E-state index in [4.69, 9.17) is 21.0 Å². The molecule has 2 aromatic rings. The number of nitrogens with zero attached hydrogens (tertiary/aromatic N) is 4. The maximum Gasteiger partial charge on any atom is 0.102 e. The maximum absolute atomic E-state index is 9.17. The molecule has 0 unspecified atom stereocenters. The van der Waals surface area contributed by atoms with Crippen molar-refractivity contribution in [3.8, 4) is 24.3 Å². The first-order valence-electron chi connectivity index (χ1n) is 4.97. The molecule has 0 bridgehead atoms. The smallest absolute Gasteiger partial charge is 0.102 e. The van der Waals surface area contributed by atoms with Crippen LogP contribution >= 0.6 is 0 Å². The van der Waals surface area contributed by atoms with Gasteiger partial charge < -0.3 is 0 Å². The molecule has 0 aliphatic carbocycles. The Morgan fingerprint density at radius 1 is 0.722 bits per heavy atom. The Hall–Kier alpha value is -3.34. The van der Waals surface area contributed by atoms with Crippen LogP contribution in [0.4, 0.5) is 0 Å². The molecule has 0 spiro atoms. The molecule has 0 N–H and O–H groups in total. The quantitative estimate of drug-likeness (QED) is 0.691. The second-order valence-corrected chi connectivity index (χ2v) is 3.53. The van der Waals surface area contributed by atoms with Gasteiger partial charge in [0.2, 0.25) is 0 Å². The van der Waals surface area contributed by atoms with Crippen LogP contribution in [0.25, 0.3) is 10.8 Å². The SMILES string of the molecule is N#Cc1cc2cccc(C#N)c2c(C#N)c1C#N. The molecular formula is C14H4N4. The molecule has 0 saturated heterocycles. The summed E-state index contributed by atoms with van der Waals surface area (Å²) in [6, 6.07) is 14.1. The van der Waals surface area contributed by atoms with E-state index >= 15 is 0 Å². The summed E-state index contributed by atoms with van der Waals surface area (Å²) < 4.78 is 0. The normalized spacial score (nSPS) is 8.89. The molecule has 0 aliphatic rings. The van der Waals surface area contributed by atoms with Gasteiger partial charge in [-0.25, -0.2) is 0 Å². The monoisotopic (exact) mass is 228 g/mol. The highest BCUT2D eigenvalue weighted by atomic mass is 14.3. The summed E-state index contributed by atoms with van der Waals surface area (Å²) in [5, 5.41) is 37.3. The Morgan fingerprint density at radius 3 is 1.94 bits per heavy atom. The van der Waals surface area contributed by atoms with Crippen molar-refractivity contribution in [2.45, 2.75) is 0 Å². The summed E-state index contributed by atoms with van der Waals surface area (Å²) in [4.78, 5) is 0. The minimum Gasteiger partial charge on any atom is -0.192 e. The van der Waals surface area contributed by atoms with Crippen LogP contribution in [-0.2, 0) is 0 Å². The molecule has 0 heterocycles. The number of hydrogen-bond acceptors (Lipinski definition) is 4. The molecule has 0 aromatic heterocycles. The highest BCUT2D eigenvalue weighted by Crippen LogP contribution is 2.27. The predicted molar refractivity (Wildman–Crippen MR) is 62.8 cm³/mol. The average Bonchev–Trinajstić information content (AvgIpc) is 2.43. The van der Waals surface area contributed by atoms with Gasteiger partial charge in [0, 0.05) is 5.39 Å². The summed E-state index contributed by atoms with van der Waals surface area (Å²) in [5.41, 5.74) is 0.584. The Labute approximate surface area is 103 Å². The van der Waals surface area contributed by atoms with Crippen LogP contribution < -0.4 is 0 Å². The summed E-state index contributed by atoms with van der Waals surface area (Å²) in [6.07, 6.45) is 0. The fourth-order valence-corrected chi connectivity index (χ4v) is 1.87. The molecule has 18 heavy (non-hydrogen) atoms. The van der Waals surface area contributed by atoms with Crippen molar-refractivity contribution in [2.24, 2.45) is 0 Å². The second kappa shape index (κ2) is 4.26. The van der Waals surface area contributed by atoms with Crippen molar-refractivity contribution in [3.63, 3.8) is 0 Å². The van der Waals surface area contributed by atoms with E-state index in [2.05, 4.69) is 0 Å². The van der Waals surface area contributed by atoms with Crippen LogP contribution in [0, 0.1) is 45.3 Å². The zero-order valence-corrected chi connectivity index (χ0v) is 9.10. The second-order valence-electron chi connectivity index (χ2n) is 3.53. The molecule has 0 fully saturated rings. The van der Waals surface area contributed by atoms with Gasteiger partial charge >= 0.3 is 0 Å². The summed E-state index contributed by atoms with van der Waals surface area (Å²) in [6.45, 7) is 0. The van der Waals surface area contributed by atoms with Gasteiger partial charge in [-0.3, -0.25) is 0 Å². The lowest BCUT2D eigenvalue weighted by molar-refractivity contribution is 1.41. The highest BCUT2D eigenvalue weighted by molar-refractivity contribution is 5.95. The van der Waals surface area contributed by atoms with Crippen LogP contribution in [0.2, 0.25) is 0 Å². The zero-order valence-electron chi connectivity index (χ0n) is 9.10. The molecule has 0 atom stereocenters. The molecule has 80 valence electrons. The van der Waals surface area contributed by atoms with E-state index in [1.165, 1.54) is 6.07 Å². The summed E-state index contributed by atoms with van der Waals surface area (Å²) >= 11 is 0. The van der Waals surface area contributed by atoms with Gasteiger partial charge in [0.25, 0.3) is 0 Å². The van der Waals surface area contributed by atoms with E-state index < -0.39 is 0 Å². The van der Waals surface area contributed by atoms with Crippen molar-refractivity contribution in [3.05, 3.63) is 46.5 Å². The third kappa shape index (κ3) is 1.43. The largest absolute Gasteiger partial charge is 0.192 e. The Morgan fingerprint density at radius 2 is 1.39 bits per heavy atom. The third-order valence-corrected chi connectivity index (χ3v) is 2.63. The van der Waals surface area contributed by atoms with Crippen molar-refractivity contribution < 1.29 is 0 Å². The summed E-state index contributed by atoms with van der Waals surface area (Å²) in [5.74, 6) is 0.